The number of hydrogen-bond acceptors (Lipinski definition) is 2. The van der Waals surface area contributed by atoms with E-state index in [1.165, 1.54) is 12.1 Å². The molecular formula is C10H9FO3. The number of carbonyl (C=O) groups is 1. The highest BCUT2D eigenvalue weighted by atomic mass is 19.1. The van der Waals surface area contributed by atoms with E-state index in [1.807, 2.05) is 6.92 Å². The molecule has 1 aromatic carbocycles. The van der Waals surface area contributed by atoms with Crippen molar-refractivity contribution in [1.82, 2.24) is 0 Å². The van der Waals surface area contributed by atoms with Crippen LogP contribution >= 0.6 is 0 Å². The smallest absolute Gasteiger partial charge is 0.338 e. The van der Waals surface area contributed by atoms with Gasteiger partial charge in [0.25, 0.3) is 0 Å². The standard InChI is InChI=1S/C10H9FO3/c1-5-9(14-5)6-3-2-4-7(8(6)11)10(12)13/h2-5,9H,1H3,(H,12,13). The lowest BCUT2D eigenvalue weighted by Crippen LogP contribution is -2.03. The van der Waals surface area contributed by atoms with E-state index < -0.39 is 11.8 Å². The molecular weight excluding hydrogens is 187 g/mol. The van der Waals surface area contributed by atoms with E-state index in [2.05, 4.69) is 0 Å². The van der Waals surface area contributed by atoms with E-state index in [0.29, 0.717) is 5.56 Å². The topological polar surface area (TPSA) is 49.8 Å². The molecule has 1 aromatic rings. The number of carboxylic acid groups (broad SMARTS) is 1. The van der Waals surface area contributed by atoms with Crippen LogP contribution in [-0.2, 0) is 4.74 Å². The number of ether oxygens (including phenoxy) is 1. The van der Waals surface area contributed by atoms with Gasteiger partial charge in [-0.3, -0.25) is 0 Å². The minimum Gasteiger partial charge on any atom is -0.478 e. The summed E-state index contributed by atoms with van der Waals surface area (Å²) in [5, 5.41) is 8.68. The third-order valence-electron chi connectivity index (χ3n) is 2.28. The highest BCUT2D eigenvalue weighted by molar-refractivity contribution is 5.88. The molecule has 0 aliphatic carbocycles. The lowest BCUT2D eigenvalue weighted by atomic mass is 10.1. The summed E-state index contributed by atoms with van der Waals surface area (Å²) in [7, 11) is 0. The van der Waals surface area contributed by atoms with Gasteiger partial charge in [0.05, 0.1) is 11.7 Å². The van der Waals surface area contributed by atoms with Crippen LogP contribution in [0.4, 0.5) is 4.39 Å². The lowest BCUT2D eigenvalue weighted by Gasteiger charge is -2.01. The Bertz CT molecular complexity index is 389. The second kappa shape index (κ2) is 3.06. The van der Waals surface area contributed by atoms with Crippen LogP contribution in [0.2, 0.25) is 0 Å². The predicted octanol–water partition coefficient (Wildman–Crippen LogP) is 1.98. The Morgan fingerprint density at radius 2 is 2.21 bits per heavy atom. The Kier molecular flexibility index (Phi) is 2.00. The van der Waals surface area contributed by atoms with E-state index >= 15 is 0 Å². The SMILES string of the molecule is CC1OC1c1cccc(C(=O)O)c1F. The van der Waals surface area contributed by atoms with Gasteiger partial charge in [0.15, 0.2) is 0 Å². The second-order valence-electron chi connectivity index (χ2n) is 3.28. The van der Waals surface area contributed by atoms with Crippen molar-refractivity contribution in [3.05, 3.63) is 35.1 Å². The number of halogens is 1. The highest BCUT2D eigenvalue weighted by Crippen LogP contribution is 2.39. The summed E-state index contributed by atoms with van der Waals surface area (Å²) in [6.07, 6.45) is -0.303. The molecule has 1 N–H and O–H groups in total. The zero-order valence-electron chi connectivity index (χ0n) is 7.53. The van der Waals surface area contributed by atoms with Gasteiger partial charge in [-0.15, -0.1) is 0 Å². The zero-order valence-corrected chi connectivity index (χ0v) is 7.53. The minimum atomic E-state index is -1.25. The van der Waals surface area contributed by atoms with Gasteiger partial charge in [0, 0.05) is 5.56 Å². The van der Waals surface area contributed by atoms with Crippen molar-refractivity contribution in [2.24, 2.45) is 0 Å². The Morgan fingerprint density at radius 3 is 2.71 bits per heavy atom. The van der Waals surface area contributed by atoms with Gasteiger partial charge >= 0.3 is 5.97 Å². The molecule has 1 heterocycles. The molecule has 0 amide bonds. The molecule has 3 nitrogen and oxygen atoms in total. The van der Waals surface area contributed by atoms with Gasteiger partial charge in [-0.05, 0) is 13.0 Å². The van der Waals surface area contributed by atoms with E-state index in [1.54, 1.807) is 6.07 Å². The van der Waals surface area contributed by atoms with E-state index in [-0.39, 0.29) is 17.8 Å². The highest BCUT2D eigenvalue weighted by Gasteiger charge is 2.38. The maximum Gasteiger partial charge on any atom is 0.338 e. The van der Waals surface area contributed by atoms with Gasteiger partial charge in [-0.25, -0.2) is 9.18 Å². The Labute approximate surface area is 80.1 Å². The molecule has 0 spiro atoms. The van der Waals surface area contributed by atoms with Crippen molar-refractivity contribution < 1.29 is 19.0 Å². The molecule has 1 saturated heterocycles. The van der Waals surface area contributed by atoms with Crippen LogP contribution < -0.4 is 0 Å². The van der Waals surface area contributed by atoms with Crippen LogP contribution in [0, 0.1) is 5.82 Å². The quantitative estimate of drug-likeness (QED) is 0.736. The fourth-order valence-electron chi connectivity index (χ4n) is 1.45. The van der Waals surface area contributed by atoms with Gasteiger partial charge in [0.2, 0.25) is 0 Å². The number of hydrogen-bond donors (Lipinski definition) is 1. The van der Waals surface area contributed by atoms with Crippen molar-refractivity contribution in [2.45, 2.75) is 19.1 Å². The maximum atomic E-state index is 13.5. The number of epoxide rings is 1. The van der Waals surface area contributed by atoms with Gasteiger partial charge in [-0.2, -0.15) is 0 Å². The molecule has 74 valence electrons. The average Bonchev–Trinajstić information content (AvgIpc) is 2.82. The average molecular weight is 196 g/mol. The van der Waals surface area contributed by atoms with Crippen LogP contribution in [0.25, 0.3) is 0 Å². The van der Waals surface area contributed by atoms with Gasteiger partial charge in [0.1, 0.15) is 11.9 Å². The largest absolute Gasteiger partial charge is 0.478 e. The van der Waals surface area contributed by atoms with Crippen LogP contribution in [-0.4, -0.2) is 17.2 Å². The first-order valence-corrected chi connectivity index (χ1v) is 4.28. The van der Waals surface area contributed by atoms with Gasteiger partial charge < -0.3 is 9.84 Å². The van der Waals surface area contributed by atoms with E-state index in [0.717, 1.165) is 0 Å². The second-order valence-corrected chi connectivity index (χ2v) is 3.28. The Balaban J connectivity index is 2.42. The predicted molar refractivity (Wildman–Crippen MR) is 46.6 cm³/mol. The van der Waals surface area contributed by atoms with Crippen LogP contribution in [0.5, 0.6) is 0 Å². The molecule has 1 aliphatic heterocycles. The van der Waals surface area contributed by atoms with Crippen LogP contribution in [0.15, 0.2) is 18.2 Å². The van der Waals surface area contributed by atoms with Crippen molar-refractivity contribution in [3.63, 3.8) is 0 Å². The Hall–Kier alpha value is -1.42. The minimum absolute atomic E-state index is 0.0199. The number of aromatic carboxylic acids is 1. The summed E-state index contributed by atoms with van der Waals surface area (Å²) in [6.45, 7) is 1.82. The lowest BCUT2D eigenvalue weighted by molar-refractivity contribution is 0.0691. The molecule has 2 rings (SSSR count). The summed E-state index contributed by atoms with van der Waals surface area (Å²) in [5.41, 5.74) is 0.0302. The molecule has 4 heteroatoms. The first kappa shape index (κ1) is 9.15. The number of benzene rings is 1. The van der Waals surface area contributed by atoms with Crippen LogP contribution in [0.3, 0.4) is 0 Å². The zero-order chi connectivity index (χ0) is 10.3. The number of carboxylic acids is 1. The fourth-order valence-corrected chi connectivity index (χ4v) is 1.45. The molecule has 14 heavy (non-hydrogen) atoms. The molecule has 2 atom stereocenters. The van der Waals surface area contributed by atoms with Crippen molar-refractivity contribution in [3.8, 4) is 0 Å². The molecule has 1 fully saturated rings. The monoisotopic (exact) mass is 196 g/mol. The molecule has 0 saturated carbocycles. The summed E-state index contributed by atoms with van der Waals surface area (Å²) in [6, 6.07) is 4.32. The Morgan fingerprint density at radius 1 is 1.57 bits per heavy atom. The molecule has 1 aliphatic rings. The van der Waals surface area contributed by atoms with E-state index in [4.69, 9.17) is 9.84 Å². The summed E-state index contributed by atoms with van der Waals surface area (Å²) >= 11 is 0. The number of rotatable bonds is 2. The fraction of sp³-hybridized carbons (Fsp3) is 0.300. The summed E-state index contributed by atoms with van der Waals surface area (Å²) < 4.78 is 18.6. The molecule has 0 bridgehead atoms. The molecule has 2 unspecified atom stereocenters. The molecule has 0 radical (unpaired) electrons. The third-order valence-corrected chi connectivity index (χ3v) is 2.28. The van der Waals surface area contributed by atoms with Crippen molar-refractivity contribution in [2.75, 3.05) is 0 Å². The molecule has 0 aromatic heterocycles. The summed E-state index contributed by atoms with van der Waals surface area (Å²) in [5.74, 6) is -1.94. The van der Waals surface area contributed by atoms with E-state index in [9.17, 15) is 9.18 Å². The van der Waals surface area contributed by atoms with Crippen LogP contribution in [0.1, 0.15) is 28.9 Å². The first-order chi connectivity index (χ1) is 6.61. The first-order valence-electron chi connectivity index (χ1n) is 4.28. The summed E-state index contributed by atoms with van der Waals surface area (Å²) in [4.78, 5) is 10.6. The van der Waals surface area contributed by atoms with Crippen molar-refractivity contribution in [1.29, 1.82) is 0 Å². The van der Waals surface area contributed by atoms with Gasteiger partial charge in [-0.1, -0.05) is 12.1 Å². The normalized spacial score (nSPS) is 24.7. The third kappa shape index (κ3) is 1.37. The van der Waals surface area contributed by atoms with Crippen molar-refractivity contribution >= 4 is 5.97 Å². The maximum absolute atomic E-state index is 13.5.